The number of amides is 1. The van der Waals surface area contributed by atoms with Gasteiger partial charge in [-0.2, -0.15) is 0 Å². The number of alkyl halides is 2. The molecule has 1 heterocycles. The number of rotatable bonds is 3. The number of aromatic nitrogens is 1. The number of hydrogen-bond acceptors (Lipinski definition) is 2. The summed E-state index contributed by atoms with van der Waals surface area (Å²) in [5.41, 5.74) is 0.259. The van der Waals surface area contributed by atoms with Crippen LogP contribution in [-0.2, 0) is 0 Å². The van der Waals surface area contributed by atoms with Crippen LogP contribution in [0.4, 0.5) is 18.9 Å². The molecule has 0 aliphatic rings. The van der Waals surface area contributed by atoms with Crippen molar-refractivity contribution in [2.75, 3.05) is 5.32 Å². The Balaban J connectivity index is 1.97. The lowest BCUT2D eigenvalue weighted by molar-refractivity contribution is 0.102. The van der Waals surface area contributed by atoms with Crippen molar-refractivity contribution in [3.05, 3.63) is 71.7 Å². The second kappa shape index (κ2) is 6.08. The molecule has 23 heavy (non-hydrogen) atoms. The first kappa shape index (κ1) is 15.0. The van der Waals surface area contributed by atoms with Crippen molar-refractivity contribution in [2.24, 2.45) is 0 Å². The fourth-order valence-electron chi connectivity index (χ4n) is 2.26. The zero-order valence-electron chi connectivity index (χ0n) is 11.8. The van der Waals surface area contributed by atoms with Crippen molar-refractivity contribution in [2.45, 2.75) is 6.43 Å². The smallest absolute Gasteiger partial charge is 0.263 e. The van der Waals surface area contributed by atoms with Crippen LogP contribution in [0.1, 0.15) is 22.3 Å². The normalized spacial score (nSPS) is 11.0. The summed E-state index contributed by atoms with van der Waals surface area (Å²) in [5, 5.41) is 2.93. The van der Waals surface area contributed by atoms with Crippen LogP contribution in [0, 0.1) is 5.82 Å². The molecule has 1 N–H and O–H groups in total. The molecule has 1 aromatic heterocycles. The first-order chi connectivity index (χ1) is 11.1. The Bertz CT molecular complexity index is 875. The van der Waals surface area contributed by atoms with E-state index in [9.17, 15) is 18.0 Å². The molecule has 0 fully saturated rings. The van der Waals surface area contributed by atoms with Crippen LogP contribution in [-0.4, -0.2) is 10.9 Å². The van der Waals surface area contributed by atoms with Gasteiger partial charge in [0.25, 0.3) is 12.3 Å². The molecule has 0 unspecified atom stereocenters. The number of halogens is 3. The summed E-state index contributed by atoms with van der Waals surface area (Å²) in [4.78, 5) is 16.5. The molecule has 0 radical (unpaired) electrons. The van der Waals surface area contributed by atoms with E-state index in [1.807, 2.05) is 0 Å². The topological polar surface area (TPSA) is 42.0 Å². The number of pyridine rings is 1. The van der Waals surface area contributed by atoms with Gasteiger partial charge in [-0.25, -0.2) is 13.2 Å². The highest BCUT2D eigenvalue weighted by atomic mass is 19.3. The zero-order chi connectivity index (χ0) is 16.4. The summed E-state index contributed by atoms with van der Waals surface area (Å²) >= 11 is 0. The van der Waals surface area contributed by atoms with Crippen LogP contribution in [0.2, 0.25) is 0 Å². The Morgan fingerprint density at radius 3 is 2.65 bits per heavy atom. The first-order valence-electron chi connectivity index (χ1n) is 6.79. The van der Waals surface area contributed by atoms with E-state index in [4.69, 9.17) is 0 Å². The molecule has 0 saturated carbocycles. The number of anilines is 1. The van der Waals surface area contributed by atoms with Crippen LogP contribution in [0.5, 0.6) is 0 Å². The number of benzene rings is 2. The van der Waals surface area contributed by atoms with E-state index in [2.05, 4.69) is 10.3 Å². The summed E-state index contributed by atoms with van der Waals surface area (Å²) in [6, 6.07) is 11.3. The number of nitrogens with one attached hydrogen (secondary N) is 1. The minimum Gasteiger partial charge on any atom is -0.319 e. The summed E-state index contributed by atoms with van der Waals surface area (Å²) in [7, 11) is 0. The molecule has 0 aliphatic carbocycles. The minimum absolute atomic E-state index is 0.284. The van der Waals surface area contributed by atoms with E-state index in [0.29, 0.717) is 10.9 Å². The highest BCUT2D eigenvalue weighted by molar-refractivity contribution is 6.12. The fourth-order valence-corrected chi connectivity index (χ4v) is 2.26. The van der Waals surface area contributed by atoms with Gasteiger partial charge >= 0.3 is 0 Å². The lowest BCUT2D eigenvalue weighted by atomic mass is 10.1. The molecule has 0 bridgehead atoms. The summed E-state index contributed by atoms with van der Waals surface area (Å²) < 4.78 is 39.2. The number of carbonyl (C=O) groups is 1. The predicted molar refractivity (Wildman–Crippen MR) is 81.1 cm³/mol. The number of para-hydroxylation sites is 1. The monoisotopic (exact) mass is 316 g/mol. The lowest BCUT2D eigenvalue weighted by Gasteiger charge is -2.10. The molecular formula is C17H11F3N2O. The van der Waals surface area contributed by atoms with Crippen LogP contribution < -0.4 is 5.32 Å². The molecule has 116 valence electrons. The Kier molecular flexibility index (Phi) is 3.97. The summed E-state index contributed by atoms with van der Waals surface area (Å²) in [6.07, 6.45) is -1.28. The third kappa shape index (κ3) is 3.01. The van der Waals surface area contributed by atoms with E-state index in [1.165, 1.54) is 12.3 Å². The van der Waals surface area contributed by atoms with Gasteiger partial charge in [0, 0.05) is 17.1 Å². The average Bonchev–Trinajstić information content (AvgIpc) is 2.56. The highest BCUT2D eigenvalue weighted by Crippen LogP contribution is 2.25. The number of fused-ring (bicyclic) bond motifs is 1. The van der Waals surface area contributed by atoms with Gasteiger partial charge in [-0.05, 0) is 24.3 Å². The minimum atomic E-state index is -2.74. The van der Waals surface area contributed by atoms with Gasteiger partial charge in [-0.1, -0.05) is 24.3 Å². The number of hydrogen-bond donors (Lipinski definition) is 1. The van der Waals surface area contributed by atoms with Crippen LogP contribution in [0.25, 0.3) is 10.9 Å². The Hall–Kier alpha value is -2.89. The zero-order valence-corrected chi connectivity index (χ0v) is 11.8. The van der Waals surface area contributed by atoms with Gasteiger partial charge in [-0.3, -0.25) is 9.78 Å². The second-order valence-corrected chi connectivity index (χ2v) is 4.87. The predicted octanol–water partition coefficient (Wildman–Crippen LogP) is 4.56. The van der Waals surface area contributed by atoms with E-state index in [1.54, 1.807) is 24.3 Å². The lowest BCUT2D eigenvalue weighted by Crippen LogP contribution is -2.14. The van der Waals surface area contributed by atoms with E-state index in [0.717, 1.165) is 18.2 Å². The van der Waals surface area contributed by atoms with E-state index in [-0.39, 0.29) is 16.8 Å². The van der Waals surface area contributed by atoms with Gasteiger partial charge in [0.1, 0.15) is 5.82 Å². The van der Waals surface area contributed by atoms with Gasteiger partial charge in [0.05, 0.1) is 16.8 Å². The average molecular weight is 316 g/mol. The van der Waals surface area contributed by atoms with Crippen molar-refractivity contribution in [1.82, 2.24) is 4.98 Å². The summed E-state index contributed by atoms with van der Waals surface area (Å²) in [6.45, 7) is 0. The van der Waals surface area contributed by atoms with Crippen LogP contribution in [0.3, 0.4) is 0 Å². The molecule has 0 atom stereocenters. The quantitative estimate of drug-likeness (QED) is 0.769. The molecule has 6 heteroatoms. The Morgan fingerprint density at radius 1 is 1.09 bits per heavy atom. The fraction of sp³-hybridized carbons (Fsp3) is 0.0588. The molecule has 1 amide bonds. The van der Waals surface area contributed by atoms with Crippen molar-refractivity contribution in [3.63, 3.8) is 0 Å². The van der Waals surface area contributed by atoms with Gasteiger partial charge in [-0.15, -0.1) is 0 Å². The van der Waals surface area contributed by atoms with Crippen molar-refractivity contribution in [3.8, 4) is 0 Å². The van der Waals surface area contributed by atoms with Crippen molar-refractivity contribution < 1.29 is 18.0 Å². The maximum atomic E-state index is 13.8. The van der Waals surface area contributed by atoms with Crippen LogP contribution >= 0.6 is 0 Å². The molecule has 2 aromatic carbocycles. The van der Waals surface area contributed by atoms with Gasteiger partial charge < -0.3 is 5.32 Å². The van der Waals surface area contributed by atoms with E-state index >= 15 is 0 Å². The Labute approximate surface area is 129 Å². The molecule has 0 saturated heterocycles. The second-order valence-electron chi connectivity index (χ2n) is 4.87. The largest absolute Gasteiger partial charge is 0.319 e. The van der Waals surface area contributed by atoms with Crippen molar-refractivity contribution >= 4 is 22.5 Å². The maximum Gasteiger partial charge on any atom is 0.263 e. The maximum absolute atomic E-state index is 13.8. The van der Waals surface area contributed by atoms with E-state index < -0.39 is 18.1 Å². The van der Waals surface area contributed by atoms with Gasteiger partial charge in [0.15, 0.2) is 0 Å². The SMILES string of the molecule is O=C(Nc1cc(C(F)F)ccc1F)c1ccnc2ccccc12. The molecule has 3 rings (SSSR count). The third-order valence-corrected chi connectivity index (χ3v) is 3.38. The number of nitrogens with zero attached hydrogens (tertiary/aromatic N) is 1. The molecule has 0 aliphatic heterocycles. The van der Waals surface area contributed by atoms with Gasteiger partial charge in [0.2, 0.25) is 0 Å². The van der Waals surface area contributed by atoms with Crippen LogP contribution in [0.15, 0.2) is 54.7 Å². The molecule has 0 spiro atoms. The highest BCUT2D eigenvalue weighted by Gasteiger charge is 2.15. The number of carbonyl (C=O) groups excluding carboxylic acids is 1. The Morgan fingerprint density at radius 2 is 1.87 bits per heavy atom. The molecular weight excluding hydrogens is 305 g/mol. The standard InChI is InChI=1S/C17H11F3N2O/c18-13-6-5-10(16(19)20)9-15(13)22-17(23)12-7-8-21-14-4-2-1-3-11(12)14/h1-9,16H,(H,22,23). The summed E-state index contributed by atoms with van der Waals surface area (Å²) in [5.74, 6) is -1.37. The molecule has 3 aromatic rings. The molecule has 3 nitrogen and oxygen atoms in total. The first-order valence-corrected chi connectivity index (χ1v) is 6.79. The van der Waals surface area contributed by atoms with Crippen molar-refractivity contribution in [1.29, 1.82) is 0 Å². The third-order valence-electron chi connectivity index (χ3n) is 3.38.